The first-order chi connectivity index (χ1) is 12.2. The van der Waals surface area contributed by atoms with Crippen LogP contribution in [0.5, 0.6) is 5.75 Å². The molecule has 1 aromatic heterocycles. The molecule has 134 valence electrons. The monoisotopic (exact) mass is 360 g/mol. The van der Waals surface area contributed by atoms with Gasteiger partial charge in [-0.25, -0.2) is 4.98 Å². The fourth-order valence-corrected chi connectivity index (χ4v) is 2.70. The second kappa shape index (κ2) is 10.6. The number of aryl methyl sites for hydroxylation is 1. The molecule has 1 amide bonds. The van der Waals surface area contributed by atoms with E-state index in [4.69, 9.17) is 9.47 Å². The zero-order valence-electron chi connectivity index (χ0n) is 14.7. The van der Waals surface area contributed by atoms with E-state index in [1.165, 1.54) is 6.08 Å². The quantitative estimate of drug-likeness (QED) is 0.520. The molecule has 2 rings (SSSR count). The van der Waals surface area contributed by atoms with Crippen molar-refractivity contribution in [2.45, 2.75) is 26.9 Å². The van der Waals surface area contributed by atoms with Gasteiger partial charge in [-0.05, 0) is 44.0 Å². The molecule has 0 aliphatic heterocycles. The number of rotatable bonds is 10. The lowest BCUT2D eigenvalue weighted by molar-refractivity contribution is -0.116. The maximum Gasteiger partial charge on any atom is 0.244 e. The lowest BCUT2D eigenvalue weighted by Crippen LogP contribution is -2.23. The lowest BCUT2D eigenvalue weighted by Gasteiger charge is -2.05. The fourth-order valence-electron chi connectivity index (χ4n) is 2.10. The predicted octanol–water partition coefficient (Wildman–Crippen LogP) is 3.59. The molecule has 2 aromatic rings. The Bertz CT molecular complexity index is 697. The molecule has 5 nitrogen and oxygen atoms in total. The number of hydrogen-bond acceptors (Lipinski definition) is 5. The predicted molar refractivity (Wildman–Crippen MR) is 101 cm³/mol. The van der Waals surface area contributed by atoms with Crippen LogP contribution in [-0.4, -0.2) is 30.6 Å². The molecule has 0 saturated carbocycles. The molecule has 0 aliphatic rings. The second-order valence-corrected chi connectivity index (χ2v) is 6.46. The van der Waals surface area contributed by atoms with Gasteiger partial charge in [0.15, 0.2) is 0 Å². The summed E-state index contributed by atoms with van der Waals surface area (Å²) in [5.74, 6) is 0.644. The summed E-state index contributed by atoms with van der Waals surface area (Å²) in [7, 11) is 0. The molecule has 0 bridgehead atoms. The first-order valence-electron chi connectivity index (χ1n) is 8.35. The summed E-state index contributed by atoms with van der Waals surface area (Å²) < 4.78 is 11.0. The Hall–Kier alpha value is -2.18. The highest BCUT2D eigenvalue weighted by molar-refractivity contribution is 7.09. The molecule has 0 atom stereocenters. The van der Waals surface area contributed by atoms with Crippen molar-refractivity contribution < 1.29 is 14.3 Å². The first-order valence-corrected chi connectivity index (χ1v) is 9.23. The normalized spacial score (nSPS) is 11.0. The average molecular weight is 360 g/mol. The van der Waals surface area contributed by atoms with E-state index in [2.05, 4.69) is 10.3 Å². The number of carbonyl (C=O) groups is 1. The minimum atomic E-state index is -0.110. The first kappa shape index (κ1) is 19.1. The average Bonchev–Trinajstić information content (AvgIpc) is 3.04. The Balaban J connectivity index is 1.78. The van der Waals surface area contributed by atoms with Gasteiger partial charge in [0, 0.05) is 31.2 Å². The highest BCUT2D eigenvalue weighted by Gasteiger charge is 2.01. The van der Waals surface area contributed by atoms with Crippen molar-refractivity contribution >= 4 is 23.3 Å². The minimum absolute atomic E-state index is 0.110. The number of nitrogens with one attached hydrogen (secondary N) is 1. The van der Waals surface area contributed by atoms with Crippen molar-refractivity contribution in [3.8, 4) is 5.75 Å². The topological polar surface area (TPSA) is 60.5 Å². The largest absolute Gasteiger partial charge is 0.487 e. The zero-order valence-corrected chi connectivity index (χ0v) is 15.5. The van der Waals surface area contributed by atoms with E-state index < -0.39 is 0 Å². The molecule has 6 heteroatoms. The molecule has 0 saturated heterocycles. The van der Waals surface area contributed by atoms with Crippen molar-refractivity contribution in [2.75, 3.05) is 19.8 Å². The molecular formula is C19H24N2O3S. The second-order valence-electron chi connectivity index (χ2n) is 5.39. The van der Waals surface area contributed by atoms with Crippen molar-refractivity contribution in [3.63, 3.8) is 0 Å². The Morgan fingerprint density at radius 3 is 3.04 bits per heavy atom. The maximum atomic E-state index is 11.8. The van der Waals surface area contributed by atoms with Crippen molar-refractivity contribution in [2.24, 2.45) is 0 Å². The molecule has 25 heavy (non-hydrogen) atoms. The Labute approximate surface area is 152 Å². The van der Waals surface area contributed by atoms with Crippen LogP contribution in [0.2, 0.25) is 0 Å². The van der Waals surface area contributed by atoms with E-state index in [0.29, 0.717) is 26.4 Å². The van der Waals surface area contributed by atoms with Gasteiger partial charge in [-0.15, -0.1) is 11.3 Å². The molecule has 0 fully saturated rings. The van der Waals surface area contributed by atoms with Gasteiger partial charge in [-0.1, -0.05) is 12.1 Å². The number of hydrogen-bond donors (Lipinski definition) is 1. The smallest absolute Gasteiger partial charge is 0.244 e. The summed E-state index contributed by atoms with van der Waals surface area (Å²) in [6.07, 6.45) is 4.12. The van der Waals surface area contributed by atoms with E-state index in [1.54, 1.807) is 17.4 Å². The van der Waals surface area contributed by atoms with Crippen LogP contribution in [0.4, 0.5) is 0 Å². The number of benzene rings is 1. The zero-order chi connectivity index (χ0) is 17.9. The van der Waals surface area contributed by atoms with Crippen LogP contribution in [-0.2, 0) is 16.1 Å². The molecule has 0 aliphatic carbocycles. The van der Waals surface area contributed by atoms with Gasteiger partial charge in [-0.3, -0.25) is 4.79 Å². The van der Waals surface area contributed by atoms with Crippen molar-refractivity contribution in [1.82, 2.24) is 10.3 Å². The van der Waals surface area contributed by atoms with E-state index >= 15 is 0 Å². The van der Waals surface area contributed by atoms with Crippen molar-refractivity contribution in [1.29, 1.82) is 0 Å². The fraction of sp³-hybridized carbons (Fsp3) is 0.368. The van der Waals surface area contributed by atoms with Crippen LogP contribution in [0.25, 0.3) is 6.08 Å². The van der Waals surface area contributed by atoms with Gasteiger partial charge in [0.2, 0.25) is 5.91 Å². The molecule has 0 radical (unpaired) electrons. The molecule has 0 spiro atoms. The van der Waals surface area contributed by atoms with Gasteiger partial charge >= 0.3 is 0 Å². The third-order valence-corrected chi connectivity index (χ3v) is 4.13. The summed E-state index contributed by atoms with van der Waals surface area (Å²) in [6, 6.07) is 7.63. The summed E-state index contributed by atoms with van der Waals surface area (Å²) in [5, 5.41) is 5.86. The molecule has 1 aromatic carbocycles. The summed E-state index contributed by atoms with van der Waals surface area (Å²) in [5.41, 5.74) is 1.84. The number of nitrogens with zero attached hydrogens (tertiary/aromatic N) is 1. The summed E-state index contributed by atoms with van der Waals surface area (Å²) in [6.45, 7) is 6.35. The number of ether oxygens (including phenoxy) is 2. The SMILES string of the molecule is CCOCCCNC(=O)/C=C/c1cccc(OCc2csc(C)n2)c1. The number of thiazole rings is 1. The third-order valence-electron chi connectivity index (χ3n) is 3.31. The van der Waals surface area contributed by atoms with Crippen LogP contribution >= 0.6 is 11.3 Å². The molecular weight excluding hydrogens is 336 g/mol. The molecule has 1 heterocycles. The van der Waals surface area contributed by atoms with Crippen LogP contribution in [0.1, 0.15) is 29.6 Å². The van der Waals surface area contributed by atoms with E-state index in [-0.39, 0.29) is 5.91 Å². The van der Waals surface area contributed by atoms with Crippen molar-refractivity contribution in [3.05, 3.63) is 52.0 Å². The molecule has 0 unspecified atom stereocenters. The van der Waals surface area contributed by atoms with Gasteiger partial charge in [0.05, 0.1) is 10.7 Å². The van der Waals surface area contributed by atoms with Crippen LogP contribution in [0.15, 0.2) is 35.7 Å². The van der Waals surface area contributed by atoms with E-state index in [0.717, 1.165) is 28.4 Å². The lowest BCUT2D eigenvalue weighted by atomic mass is 10.2. The standard InChI is InChI=1S/C19H24N2O3S/c1-3-23-11-5-10-20-19(22)9-8-16-6-4-7-18(12-16)24-13-17-14-25-15(2)21-17/h4,6-9,12,14H,3,5,10-11,13H2,1-2H3,(H,20,22)/b9-8+. The summed E-state index contributed by atoms with van der Waals surface area (Å²) >= 11 is 1.61. The minimum Gasteiger partial charge on any atom is -0.487 e. The van der Waals surface area contributed by atoms with Gasteiger partial charge in [0.1, 0.15) is 12.4 Å². The van der Waals surface area contributed by atoms with E-state index in [9.17, 15) is 4.79 Å². The number of aromatic nitrogens is 1. The Morgan fingerprint density at radius 1 is 1.40 bits per heavy atom. The highest BCUT2D eigenvalue weighted by Crippen LogP contribution is 2.17. The summed E-state index contributed by atoms with van der Waals surface area (Å²) in [4.78, 5) is 16.1. The van der Waals surface area contributed by atoms with Gasteiger partial charge in [-0.2, -0.15) is 0 Å². The maximum absolute atomic E-state index is 11.8. The van der Waals surface area contributed by atoms with Gasteiger partial charge < -0.3 is 14.8 Å². The van der Waals surface area contributed by atoms with Crippen LogP contribution in [0, 0.1) is 6.92 Å². The highest BCUT2D eigenvalue weighted by atomic mass is 32.1. The number of carbonyl (C=O) groups excluding carboxylic acids is 1. The Kier molecular flexibility index (Phi) is 8.15. The number of amides is 1. The van der Waals surface area contributed by atoms with Gasteiger partial charge in [0.25, 0.3) is 0 Å². The van der Waals surface area contributed by atoms with Crippen LogP contribution in [0.3, 0.4) is 0 Å². The Morgan fingerprint density at radius 2 is 2.28 bits per heavy atom. The molecule has 1 N–H and O–H groups in total. The van der Waals surface area contributed by atoms with Crippen LogP contribution < -0.4 is 10.1 Å². The van der Waals surface area contributed by atoms with E-state index in [1.807, 2.05) is 43.5 Å². The third kappa shape index (κ3) is 7.49.